The summed E-state index contributed by atoms with van der Waals surface area (Å²) >= 11 is 0. The van der Waals surface area contributed by atoms with Crippen LogP contribution in [0.1, 0.15) is 12.5 Å². The highest BCUT2D eigenvalue weighted by molar-refractivity contribution is 5.85. The second kappa shape index (κ2) is 5.96. The van der Waals surface area contributed by atoms with Crippen LogP contribution in [0.15, 0.2) is 36.8 Å². The number of hydrogen-bond donors (Lipinski definition) is 1. The van der Waals surface area contributed by atoms with Gasteiger partial charge in [0.05, 0.1) is 30.1 Å². The Morgan fingerprint density at radius 2 is 2.11 bits per heavy atom. The zero-order valence-corrected chi connectivity index (χ0v) is 15.0. The Morgan fingerprint density at radius 1 is 1.30 bits per heavy atom. The summed E-state index contributed by atoms with van der Waals surface area (Å²) in [5.74, 6) is 2.94. The predicted octanol–water partition coefficient (Wildman–Crippen LogP) is 2.06. The molecule has 3 aromatic rings. The standard InChI is InChI=1S/C20H20N6O/c1-2-27-14-5-15(20-13(6-21)8-24-26(20)9-14)12-3-4-18(23-7-12)25-10-16-17(11-25)19(16)22/h3-5,7-9,16-17,19H,2,10-11,22H2,1H3/t16-,17+,19-. The molecule has 0 unspecified atom stereocenters. The van der Waals surface area contributed by atoms with Crippen molar-refractivity contribution in [2.24, 2.45) is 17.6 Å². The Labute approximate surface area is 157 Å². The third-order valence-electron chi connectivity index (χ3n) is 5.66. The van der Waals surface area contributed by atoms with Crippen LogP contribution in [0, 0.1) is 23.2 Å². The Balaban J connectivity index is 1.52. The van der Waals surface area contributed by atoms with E-state index in [2.05, 4.69) is 21.1 Å². The molecule has 136 valence electrons. The average Bonchev–Trinajstić information content (AvgIpc) is 3.09. The van der Waals surface area contributed by atoms with E-state index in [0.29, 0.717) is 35.8 Å². The number of piperidine rings is 1. The fourth-order valence-corrected chi connectivity index (χ4v) is 4.14. The minimum Gasteiger partial charge on any atom is -0.492 e. The predicted molar refractivity (Wildman–Crippen MR) is 101 cm³/mol. The first-order valence-corrected chi connectivity index (χ1v) is 9.21. The number of hydrogen-bond acceptors (Lipinski definition) is 6. The molecule has 0 spiro atoms. The van der Waals surface area contributed by atoms with E-state index in [1.807, 2.05) is 31.3 Å². The quantitative estimate of drug-likeness (QED) is 0.766. The van der Waals surface area contributed by atoms with Gasteiger partial charge in [0.1, 0.15) is 17.6 Å². The van der Waals surface area contributed by atoms with E-state index >= 15 is 0 Å². The van der Waals surface area contributed by atoms with Gasteiger partial charge in [0, 0.05) is 36.5 Å². The highest BCUT2D eigenvalue weighted by Crippen LogP contribution is 2.45. The van der Waals surface area contributed by atoms with Gasteiger partial charge in [0.2, 0.25) is 0 Å². The van der Waals surface area contributed by atoms with Crippen LogP contribution in [0.5, 0.6) is 5.75 Å². The van der Waals surface area contributed by atoms with Gasteiger partial charge in [0.25, 0.3) is 0 Å². The van der Waals surface area contributed by atoms with Crippen LogP contribution in [-0.4, -0.2) is 40.3 Å². The molecule has 0 bridgehead atoms. The first-order chi connectivity index (χ1) is 13.2. The number of fused-ring (bicyclic) bond motifs is 2. The first-order valence-electron chi connectivity index (χ1n) is 9.21. The van der Waals surface area contributed by atoms with E-state index in [-0.39, 0.29) is 0 Å². The Hall–Kier alpha value is -3.11. The van der Waals surface area contributed by atoms with Crippen molar-refractivity contribution in [3.63, 3.8) is 0 Å². The second-order valence-corrected chi connectivity index (χ2v) is 7.20. The topological polar surface area (TPSA) is 92.5 Å². The van der Waals surface area contributed by atoms with Gasteiger partial charge in [-0.2, -0.15) is 10.4 Å². The van der Waals surface area contributed by atoms with E-state index in [9.17, 15) is 5.26 Å². The van der Waals surface area contributed by atoms with Crippen molar-refractivity contribution in [1.29, 1.82) is 5.26 Å². The van der Waals surface area contributed by atoms with E-state index in [4.69, 9.17) is 10.5 Å². The second-order valence-electron chi connectivity index (χ2n) is 7.20. The van der Waals surface area contributed by atoms with Crippen molar-refractivity contribution < 1.29 is 4.74 Å². The molecule has 3 atom stereocenters. The maximum atomic E-state index is 9.44. The normalized spacial score (nSPS) is 23.3. The first kappa shape index (κ1) is 16.1. The average molecular weight is 360 g/mol. The van der Waals surface area contributed by atoms with Crippen molar-refractivity contribution in [2.45, 2.75) is 13.0 Å². The Kier molecular flexibility index (Phi) is 3.55. The summed E-state index contributed by atoms with van der Waals surface area (Å²) in [5, 5.41) is 13.7. The van der Waals surface area contributed by atoms with Gasteiger partial charge >= 0.3 is 0 Å². The van der Waals surface area contributed by atoms with Crippen molar-refractivity contribution >= 4 is 11.3 Å². The van der Waals surface area contributed by atoms with Gasteiger partial charge in [-0.3, -0.25) is 0 Å². The summed E-state index contributed by atoms with van der Waals surface area (Å²) in [6.07, 6.45) is 5.24. The summed E-state index contributed by atoms with van der Waals surface area (Å²) in [5.41, 5.74) is 9.15. The zero-order valence-electron chi connectivity index (χ0n) is 15.0. The monoisotopic (exact) mass is 360 g/mol. The lowest BCUT2D eigenvalue weighted by Gasteiger charge is -2.20. The molecule has 1 aliphatic heterocycles. The molecule has 27 heavy (non-hydrogen) atoms. The molecule has 3 aromatic heterocycles. The highest BCUT2D eigenvalue weighted by atomic mass is 16.5. The number of nitrogens with two attached hydrogens (primary N) is 1. The number of rotatable bonds is 4. The molecule has 2 fully saturated rings. The molecule has 7 nitrogen and oxygen atoms in total. The van der Waals surface area contributed by atoms with Gasteiger partial charge < -0.3 is 15.4 Å². The molecular formula is C20H20N6O. The van der Waals surface area contributed by atoms with Crippen LogP contribution in [-0.2, 0) is 0 Å². The minimum atomic E-state index is 0.376. The van der Waals surface area contributed by atoms with Crippen LogP contribution < -0.4 is 15.4 Å². The zero-order chi connectivity index (χ0) is 18.5. The smallest absolute Gasteiger partial charge is 0.138 e. The SMILES string of the molecule is CCOc1cc(-c2ccc(N3C[C@@H]4[C@H](N)[C@@H]4C3)nc2)c2c(C#N)cnn2c1. The molecule has 0 aromatic carbocycles. The Morgan fingerprint density at radius 3 is 2.78 bits per heavy atom. The summed E-state index contributed by atoms with van der Waals surface area (Å²) < 4.78 is 7.36. The number of aromatic nitrogens is 3. The fraction of sp³-hybridized carbons (Fsp3) is 0.350. The van der Waals surface area contributed by atoms with E-state index < -0.39 is 0 Å². The molecule has 1 saturated heterocycles. The van der Waals surface area contributed by atoms with Crippen molar-refractivity contribution in [1.82, 2.24) is 14.6 Å². The molecule has 1 saturated carbocycles. The molecule has 7 heteroatoms. The number of pyridine rings is 2. The maximum absolute atomic E-state index is 9.44. The third kappa shape index (κ3) is 2.53. The number of anilines is 1. The van der Waals surface area contributed by atoms with Crippen LogP contribution in [0.4, 0.5) is 5.82 Å². The van der Waals surface area contributed by atoms with E-state index in [0.717, 1.165) is 35.6 Å². The number of nitrogens with zero attached hydrogens (tertiary/aromatic N) is 5. The Bertz CT molecular complexity index is 1040. The lowest BCUT2D eigenvalue weighted by atomic mass is 10.1. The van der Waals surface area contributed by atoms with Gasteiger partial charge in [-0.15, -0.1) is 0 Å². The lowest BCUT2D eigenvalue weighted by Crippen LogP contribution is -2.28. The molecule has 0 amide bonds. The fourth-order valence-electron chi connectivity index (χ4n) is 4.14. The van der Waals surface area contributed by atoms with Crippen molar-refractivity contribution in [3.8, 4) is 22.9 Å². The van der Waals surface area contributed by atoms with Crippen LogP contribution in [0.2, 0.25) is 0 Å². The molecule has 4 heterocycles. The minimum absolute atomic E-state index is 0.376. The largest absolute Gasteiger partial charge is 0.492 e. The van der Waals surface area contributed by atoms with Gasteiger partial charge in [-0.1, -0.05) is 0 Å². The van der Waals surface area contributed by atoms with Crippen molar-refractivity contribution in [2.75, 3.05) is 24.6 Å². The van der Waals surface area contributed by atoms with Gasteiger partial charge in [0.15, 0.2) is 0 Å². The van der Waals surface area contributed by atoms with Crippen molar-refractivity contribution in [3.05, 3.63) is 42.4 Å². The van der Waals surface area contributed by atoms with E-state index in [1.54, 1.807) is 16.9 Å². The summed E-state index contributed by atoms with van der Waals surface area (Å²) in [6, 6.07) is 8.63. The van der Waals surface area contributed by atoms with Gasteiger partial charge in [-0.25, -0.2) is 9.50 Å². The number of ether oxygens (including phenoxy) is 1. The summed E-state index contributed by atoms with van der Waals surface area (Å²) in [4.78, 5) is 6.97. The molecular weight excluding hydrogens is 340 g/mol. The lowest BCUT2D eigenvalue weighted by molar-refractivity contribution is 0.338. The van der Waals surface area contributed by atoms with Crippen LogP contribution in [0.3, 0.4) is 0 Å². The van der Waals surface area contributed by atoms with Gasteiger partial charge in [-0.05, 0) is 37.0 Å². The molecule has 2 aliphatic rings. The summed E-state index contributed by atoms with van der Waals surface area (Å²) in [7, 11) is 0. The summed E-state index contributed by atoms with van der Waals surface area (Å²) in [6.45, 7) is 4.48. The molecule has 0 radical (unpaired) electrons. The van der Waals surface area contributed by atoms with Crippen LogP contribution >= 0.6 is 0 Å². The van der Waals surface area contributed by atoms with Crippen LogP contribution in [0.25, 0.3) is 16.6 Å². The molecule has 2 N–H and O–H groups in total. The molecule has 1 aliphatic carbocycles. The highest BCUT2D eigenvalue weighted by Gasteiger charge is 2.53. The third-order valence-corrected chi connectivity index (χ3v) is 5.66. The molecule has 5 rings (SSSR count). The number of nitriles is 1. The van der Waals surface area contributed by atoms with E-state index in [1.165, 1.54) is 0 Å². The maximum Gasteiger partial charge on any atom is 0.138 e.